The van der Waals surface area contributed by atoms with E-state index in [1.807, 2.05) is 18.2 Å². The van der Waals surface area contributed by atoms with Gasteiger partial charge in [0.25, 0.3) is 11.8 Å². The lowest BCUT2D eigenvalue weighted by Crippen LogP contribution is -2.41. The molecule has 2 aromatic carbocycles. The zero-order chi connectivity index (χ0) is 16.7. The Morgan fingerprint density at radius 2 is 1.46 bits per heavy atom. The number of nitrogens with zero attached hydrogens (tertiary/aromatic N) is 2. The lowest BCUT2D eigenvalue weighted by atomic mass is 9.95. The molecule has 2 aliphatic rings. The number of imide groups is 1. The number of carbonyl (C=O) groups excluding carboxylic acids is 2. The van der Waals surface area contributed by atoms with Gasteiger partial charge >= 0.3 is 0 Å². The summed E-state index contributed by atoms with van der Waals surface area (Å²) in [5.74, 6) is -0.207. The Morgan fingerprint density at radius 3 is 2.08 bits per heavy atom. The molecule has 2 amide bonds. The SMILES string of the molecule is N[C@@H]1CN(CN2C(=O)c3ccccc3C2=O)C[C@H]1c1ccccc1. The van der Waals surface area contributed by atoms with Crippen LogP contribution in [0.2, 0.25) is 0 Å². The van der Waals surface area contributed by atoms with Crippen LogP contribution in [-0.2, 0) is 0 Å². The fourth-order valence-corrected chi connectivity index (χ4v) is 3.65. The van der Waals surface area contributed by atoms with Crippen molar-refractivity contribution >= 4 is 11.8 Å². The number of hydrogen-bond donors (Lipinski definition) is 1. The Bertz CT molecular complexity index is 755. The number of hydrogen-bond acceptors (Lipinski definition) is 4. The molecule has 2 aromatic rings. The van der Waals surface area contributed by atoms with Gasteiger partial charge in [0.05, 0.1) is 17.8 Å². The van der Waals surface area contributed by atoms with Gasteiger partial charge in [0.15, 0.2) is 0 Å². The standard InChI is InChI=1S/C19H19N3O2/c20-17-11-21(10-16(17)13-6-2-1-3-7-13)12-22-18(23)14-8-4-5-9-15(14)19(22)24/h1-9,16-17H,10-12,20H2/t16-,17+/m0/s1. The molecule has 5 heteroatoms. The van der Waals surface area contributed by atoms with Crippen LogP contribution in [0.1, 0.15) is 32.2 Å². The largest absolute Gasteiger partial charge is 0.326 e. The molecule has 0 unspecified atom stereocenters. The van der Waals surface area contributed by atoms with Gasteiger partial charge in [-0.3, -0.25) is 19.4 Å². The van der Waals surface area contributed by atoms with Gasteiger partial charge in [0.1, 0.15) is 0 Å². The van der Waals surface area contributed by atoms with Gasteiger partial charge in [-0.15, -0.1) is 0 Å². The first-order chi connectivity index (χ1) is 11.6. The van der Waals surface area contributed by atoms with Crippen LogP contribution in [-0.4, -0.2) is 47.4 Å². The Labute approximate surface area is 140 Å². The van der Waals surface area contributed by atoms with E-state index in [1.165, 1.54) is 10.5 Å². The van der Waals surface area contributed by atoms with Crippen molar-refractivity contribution in [2.75, 3.05) is 19.8 Å². The average molecular weight is 321 g/mol. The summed E-state index contributed by atoms with van der Waals surface area (Å²) in [4.78, 5) is 28.4. The fraction of sp³-hybridized carbons (Fsp3) is 0.263. The molecule has 0 aliphatic carbocycles. The predicted octanol–water partition coefficient (Wildman–Crippen LogP) is 1.67. The summed E-state index contributed by atoms with van der Waals surface area (Å²) in [6, 6.07) is 17.1. The zero-order valence-corrected chi connectivity index (χ0v) is 13.3. The van der Waals surface area contributed by atoms with Crippen LogP contribution >= 0.6 is 0 Å². The first-order valence-electron chi connectivity index (χ1n) is 8.13. The van der Waals surface area contributed by atoms with Crippen molar-refractivity contribution in [3.8, 4) is 0 Å². The molecule has 2 atom stereocenters. The zero-order valence-electron chi connectivity index (χ0n) is 13.3. The summed E-state index contributed by atoms with van der Waals surface area (Å²) >= 11 is 0. The van der Waals surface area contributed by atoms with Crippen molar-refractivity contribution in [3.63, 3.8) is 0 Å². The summed E-state index contributed by atoms with van der Waals surface area (Å²) in [5.41, 5.74) is 8.49. The second kappa shape index (κ2) is 5.85. The molecule has 2 aliphatic heterocycles. The highest BCUT2D eigenvalue weighted by molar-refractivity contribution is 6.21. The van der Waals surface area contributed by atoms with E-state index < -0.39 is 0 Å². The van der Waals surface area contributed by atoms with Crippen LogP contribution in [0.25, 0.3) is 0 Å². The quantitative estimate of drug-likeness (QED) is 0.873. The molecular formula is C19H19N3O2. The van der Waals surface area contributed by atoms with Crippen LogP contribution in [0.4, 0.5) is 0 Å². The van der Waals surface area contributed by atoms with Crippen LogP contribution in [0, 0.1) is 0 Å². The van der Waals surface area contributed by atoms with Gasteiger partial charge in [-0.25, -0.2) is 0 Å². The van der Waals surface area contributed by atoms with Crippen LogP contribution in [0.15, 0.2) is 54.6 Å². The van der Waals surface area contributed by atoms with E-state index in [4.69, 9.17) is 5.73 Å². The average Bonchev–Trinajstić information content (AvgIpc) is 3.09. The number of likely N-dealkylation sites (tertiary alicyclic amines) is 1. The van der Waals surface area contributed by atoms with Crippen molar-refractivity contribution in [2.24, 2.45) is 5.73 Å². The number of nitrogens with two attached hydrogens (primary N) is 1. The minimum absolute atomic E-state index is 0.00239. The van der Waals surface area contributed by atoms with Gasteiger partial charge in [-0.2, -0.15) is 0 Å². The maximum absolute atomic E-state index is 12.5. The van der Waals surface area contributed by atoms with Gasteiger partial charge in [-0.05, 0) is 17.7 Å². The highest BCUT2D eigenvalue weighted by Crippen LogP contribution is 2.28. The Kier molecular flexibility index (Phi) is 3.67. The van der Waals surface area contributed by atoms with Crippen LogP contribution in [0.5, 0.6) is 0 Å². The lowest BCUT2D eigenvalue weighted by Gasteiger charge is -2.22. The molecular weight excluding hydrogens is 302 g/mol. The maximum atomic E-state index is 12.5. The van der Waals surface area contributed by atoms with Gasteiger partial charge in [0.2, 0.25) is 0 Å². The smallest absolute Gasteiger partial charge is 0.262 e. The third kappa shape index (κ3) is 2.42. The monoisotopic (exact) mass is 321 g/mol. The summed E-state index contributed by atoms with van der Waals surface area (Å²) < 4.78 is 0. The second-order valence-corrected chi connectivity index (χ2v) is 6.44. The summed E-state index contributed by atoms with van der Waals surface area (Å²) in [7, 11) is 0. The van der Waals surface area contributed by atoms with E-state index >= 15 is 0 Å². The molecule has 5 nitrogen and oxygen atoms in total. The molecule has 2 N–H and O–H groups in total. The second-order valence-electron chi connectivity index (χ2n) is 6.44. The summed E-state index contributed by atoms with van der Waals surface area (Å²) in [5, 5.41) is 0. The maximum Gasteiger partial charge on any atom is 0.262 e. The molecule has 4 rings (SSSR count). The van der Waals surface area contributed by atoms with Gasteiger partial charge < -0.3 is 5.73 Å². The molecule has 24 heavy (non-hydrogen) atoms. The van der Waals surface area contributed by atoms with Gasteiger partial charge in [0, 0.05) is 25.0 Å². The highest BCUT2D eigenvalue weighted by atomic mass is 16.2. The normalized spacial score (nSPS) is 23.8. The molecule has 0 spiro atoms. The van der Waals surface area contributed by atoms with E-state index in [9.17, 15) is 9.59 Å². The third-order valence-corrected chi connectivity index (χ3v) is 4.89. The first kappa shape index (κ1) is 15.1. The first-order valence-corrected chi connectivity index (χ1v) is 8.13. The van der Waals surface area contributed by atoms with Crippen molar-refractivity contribution in [1.29, 1.82) is 0 Å². The molecule has 0 radical (unpaired) electrons. The Morgan fingerprint density at radius 1 is 0.875 bits per heavy atom. The molecule has 1 fully saturated rings. The number of rotatable bonds is 3. The van der Waals surface area contributed by atoms with Crippen molar-refractivity contribution in [2.45, 2.75) is 12.0 Å². The van der Waals surface area contributed by atoms with Crippen LogP contribution in [0.3, 0.4) is 0 Å². The van der Waals surface area contributed by atoms with E-state index in [1.54, 1.807) is 24.3 Å². The number of carbonyl (C=O) groups is 2. The number of fused-ring (bicyclic) bond motifs is 1. The molecule has 0 aromatic heterocycles. The Hall–Kier alpha value is -2.50. The number of amides is 2. The minimum Gasteiger partial charge on any atom is -0.326 e. The lowest BCUT2D eigenvalue weighted by molar-refractivity contribution is 0.0562. The van der Waals surface area contributed by atoms with Crippen LogP contribution < -0.4 is 5.73 Å². The molecule has 2 heterocycles. The topological polar surface area (TPSA) is 66.6 Å². The highest BCUT2D eigenvalue weighted by Gasteiger charge is 2.39. The van der Waals surface area contributed by atoms with E-state index in [0.717, 1.165) is 6.54 Å². The number of benzene rings is 2. The van der Waals surface area contributed by atoms with Crippen molar-refractivity contribution < 1.29 is 9.59 Å². The summed E-state index contributed by atoms with van der Waals surface area (Å²) in [6.07, 6.45) is 0. The molecule has 0 bridgehead atoms. The molecule has 122 valence electrons. The van der Waals surface area contributed by atoms with Gasteiger partial charge in [-0.1, -0.05) is 42.5 Å². The van der Waals surface area contributed by atoms with Crippen molar-refractivity contribution in [1.82, 2.24) is 9.80 Å². The van der Waals surface area contributed by atoms with Crippen molar-refractivity contribution in [3.05, 3.63) is 71.3 Å². The molecule has 1 saturated heterocycles. The minimum atomic E-state index is -0.215. The third-order valence-electron chi connectivity index (χ3n) is 4.89. The van der Waals surface area contributed by atoms with E-state index in [2.05, 4.69) is 17.0 Å². The fourth-order valence-electron chi connectivity index (χ4n) is 3.65. The predicted molar refractivity (Wildman–Crippen MR) is 90.5 cm³/mol. The molecule has 0 saturated carbocycles. The Balaban J connectivity index is 1.50. The van der Waals surface area contributed by atoms with E-state index in [0.29, 0.717) is 24.3 Å². The summed E-state index contributed by atoms with van der Waals surface area (Å²) in [6.45, 7) is 1.72. The van der Waals surface area contributed by atoms with E-state index in [-0.39, 0.29) is 23.8 Å².